The van der Waals surface area contributed by atoms with Crippen LogP contribution in [0.5, 0.6) is 0 Å². The molecule has 0 unspecified atom stereocenters. The zero-order chi connectivity index (χ0) is 15.4. The van der Waals surface area contributed by atoms with E-state index in [1.54, 1.807) is 36.4 Å². The first-order chi connectivity index (χ1) is 9.94. The Bertz CT molecular complexity index is 664. The number of carbonyl (C=O) groups is 2. The van der Waals surface area contributed by atoms with Gasteiger partial charge in [0.15, 0.2) is 0 Å². The minimum absolute atomic E-state index is 0.134. The predicted molar refractivity (Wildman–Crippen MR) is 90.5 cm³/mol. The molecule has 0 aliphatic carbocycles. The monoisotopic (exact) mass is 410 g/mol. The van der Waals surface area contributed by atoms with E-state index in [2.05, 4.69) is 42.5 Å². The molecule has 6 heteroatoms. The molecule has 0 bridgehead atoms. The molecule has 2 rings (SSSR count). The van der Waals surface area contributed by atoms with E-state index in [1.807, 2.05) is 6.07 Å². The van der Waals surface area contributed by atoms with E-state index in [9.17, 15) is 9.59 Å². The molecular weight excluding hydrogens is 400 g/mol. The van der Waals surface area contributed by atoms with Gasteiger partial charge >= 0.3 is 0 Å². The molecule has 0 aliphatic rings. The molecule has 2 N–H and O–H groups in total. The zero-order valence-corrected chi connectivity index (χ0v) is 14.3. The highest BCUT2D eigenvalue weighted by Gasteiger charge is 2.08. The fraction of sp³-hybridized carbons (Fsp3) is 0.0667. The van der Waals surface area contributed by atoms with Gasteiger partial charge in [-0.1, -0.05) is 31.9 Å². The lowest BCUT2D eigenvalue weighted by molar-refractivity contribution is -0.114. The summed E-state index contributed by atoms with van der Waals surface area (Å²) in [6, 6.07) is 12.3. The molecule has 21 heavy (non-hydrogen) atoms. The van der Waals surface area contributed by atoms with E-state index in [1.165, 1.54) is 6.92 Å². The number of rotatable bonds is 3. The predicted octanol–water partition coefficient (Wildman–Crippen LogP) is 4.42. The van der Waals surface area contributed by atoms with Crippen LogP contribution in [0.15, 0.2) is 51.4 Å². The van der Waals surface area contributed by atoms with Crippen LogP contribution in [-0.2, 0) is 4.79 Å². The van der Waals surface area contributed by atoms with Gasteiger partial charge in [-0.15, -0.1) is 0 Å². The van der Waals surface area contributed by atoms with Crippen molar-refractivity contribution >= 4 is 55.0 Å². The molecular formula is C15H12Br2N2O2. The lowest BCUT2D eigenvalue weighted by atomic mass is 10.2. The largest absolute Gasteiger partial charge is 0.326 e. The third-order valence-electron chi connectivity index (χ3n) is 2.59. The summed E-state index contributed by atoms with van der Waals surface area (Å²) in [6.07, 6.45) is 0. The number of benzene rings is 2. The Hall–Kier alpha value is -1.66. The van der Waals surface area contributed by atoms with Crippen molar-refractivity contribution in [2.75, 3.05) is 10.6 Å². The third kappa shape index (κ3) is 4.68. The van der Waals surface area contributed by atoms with Crippen molar-refractivity contribution in [1.82, 2.24) is 0 Å². The summed E-state index contributed by atoms with van der Waals surface area (Å²) in [6.45, 7) is 1.45. The number of hydrogen-bond donors (Lipinski definition) is 2. The lowest BCUT2D eigenvalue weighted by Crippen LogP contribution is -2.12. The molecule has 2 amide bonds. The topological polar surface area (TPSA) is 58.2 Å². The Morgan fingerprint density at radius 3 is 1.81 bits per heavy atom. The maximum absolute atomic E-state index is 12.2. The molecule has 0 saturated heterocycles. The van der Waals surface area contributed by atoms with Crippen LogP contribution in [0.2, 0.25) is 0 Å². The maximum atomic E-state index is 12.2. The molecule has 0 radical (unpaired) electrons. The fourth-order valence-electron chi connectivity index (χ4n) is 1.73. The molecule has 108 valence electrons. The molecule has 0 aromatic heterocycles. The summed E-state index contributed by atoms with van der Waals surface area (Å²) in [5.41, 5.74) is 1.89. The highest BCUT2D eigenvalue weighted by molar-refractivity contribution is 9.11. The summed E-state index contributed by atoms with van der Waals surface area (Å²) < 4.78 is 1.64. The van der Waals surface area contributed by atoms with Gasteiger partial charge in [-0.25, -0.2) is 0 Å². The van der Waals surface area contributed by atoms with E-state index < -0.39 is 0 Å². The molecule has 0 atom stereocenters. The first-order valence-electron chi connectivity index (χ1n) is 6.09. The van der Waals surface area contributed by atoms with E-state index in [0.29, 0.717) is 16.9 Å². The van der Waals surface area contributed by atoms with E-state index in [0.717, 1.165) is 8.95 Å². The van der Waals surface area contributed by atoms with Crippen LogP contribution in [0.3, 0.4) is 0 Å². The van der Waals surface area contributed by atoms with Crippen LogP contribution >= 0.6 is 31.9 Å². The molecule has 2 aromatic carbocycles. The average molecular weight is 412 g/mol. The Labute approximate surface area is 139 Å². The van der Waals surface area contributed by atoms with Gasteiger partial charge in [-0.3, -0.25) is 9.59 Å². The Balaban J connectivity index is 2.10. The van der Waals surface area contributed by atoms with Gasteiger partial charge < -0.3 is 10.6 Å². The van der Waals surface area contributed by atoms with Crippen LogP contribution < -0.4 is 10.6 Å². The third-order valence-corrected chi connectivity index (χ3v) is 3.50. The minimum atomic E-state index is -0.204. The quantitative estimate of drug-likeness (QED) is 0.785. The molecule has 0 spiro atoms. The van der Waals surface area contributed by atoms with Gasteiger partial charge in [0, 0.05) is 32.8 Å². The number of carbonyl (C=O) groups excluding carboxylic acids is 2. The summed E-state index contributed by atoms with van der Waals surface area (Å²) in [4.78, 5) is 23.1. The maximum Gasteiger partial charge on any atom is 0.255 e. The molecule has 0 heterocycles. The first kappa shape index (κ1) is 15.7. The van der Waals surface area contributed by atoms with Crippen LogP contribution in [0, 0.1) is 0 Å². The van der Waals surface area contributed by atoms with Crippen molar-refractivity contribution in [1.29, 1.82) is 0 Å². The molecule has 0 fully saturated rings. The zero-order valence-electron chi connectivity index (χ0n) is 11.1. The SMILES string of the molecule is CC(=O)Nc1ccc(NC(=O)c2cc(Br)cc(Br)c2)cc1. The molecule has 0 saturated carbocycles. The van der Waals surface area contributed by atoms with Crippen molar-refractivity contribution in [3.8, 4) is 0 Å². The van der Waals surface area contributed by atoms with E-state index in [4.69, 9.17) is 0 Å². The average Bonchev–Trinajstić information content (AvgIpc) is 2.39. The van der Waals surface area contributed by atoms with Crippen LogP contribution in [-0.4, -0.2) is 11.8 Å². The van der Waals surface area contributed by atoms with Crippen molar-refractivity contribution in [2.24, 2.45) is 0 Å². The Kier molecular flexibility index (Phi) is 5.14. The van der Waals surface area contributed by atoms with E-state index in [-0.39, 0.29) is 11.8 Å². The second-order valence-corrected chi connectivity index (χ2v) is 6.20. The van der Waals surface area contributed by atoms with Gasteiger partial charge in [-0.2, -0.15) is 0 Å². The number of amides is 2. The van der Waals surface area contributed by atoms with Gasteiger partial charge in [0.05, 0.1) is 0 Å². The number of hydrogen-bond acceptors (Lipinski definition) is 2. The second kappa shape index (κ2) is 6.87. The van der Waals surface area contributed by atoms with Gasteiger partial charge in [-0.05, 0) is 42.5 Å². The first-order valence-corrected chi connectivity index (χ1v) is 7.68. The lowest BCUT2D eigenvalue weighted by Gasteiger charge is -2.08. The van der Waals surface area contributed by atoms with Gasteiger partial charge in [0.25, 0.3) is 5.91 Å². The number of anilines is 2. The molecule has 4 nitrogen and oxygen atoms in total. The number of nitrogens with one attached hydrogen (secondary N) is 2. The highest BCUT2D eigenvalue weighted by Crippen LogP contribution is 2.21. The van der Waals surface area contributed by atoms with E-state index >= 15 is 0 Å². The summed E-state index contributed by atoms with van der Waals surface area (Å²) >= 11 is 6.70. The number of halogens is 2. The van der Waals surface area contributed by atoms with Gasteiger partial charge in [0.1, 0.15) is 0 Å². The van der Waals surface area contributed by atoms with Crippen LogP contribution in [0.25, 0.3) is 0 Å². The minimum Gasteiger partial charge on any atom is -0.326 e. The Morgan fingerprint density at radius 1 is 0.857 bits per heavy atom. The van der Waals surface area contributed by atoms with Crippen molar-refractivity contribution in [3.63, 3.8) is 0 Å². The van der Waals surface area contributed by atoms with Crippen molar-refractivity contribution in [2.45, 2.75) is 6.92 Å². The van der Waals surface area contributed by atoms with Gasteiger partial charge in [0.2, 0.25) is 5.91 Å². The second-order valence-electron chi connectivity index (χ2n) is 4.37. The van der Waals surface area contributed by atoms with Crippen LogP contribution in [0.1, 0.15) is 17.3 Å². The summed E-state index contributed by atoms with van der Waals surface area (Å²) in [5.74, 6) is -0.338. The smallest absolute Gasteiger partial charge is 0.255 e. The molecule has 0 aliphatic heterocycles. The van der Waals surface area contributed by atoms with Crippen LogP contribution in [0.4, 0.5) is 11.4 Å². The summed E-state index contributed by atoms with van der Waals surface area (Å²) in [7, 11) is 0. The highest BCUT2D eigenvalue weighted by atomic mass is 79.9. The van der Waals surface area contributed by atoms with Crippen molar-refractivity contribution in [3.05, 3.63) is 57.0 Å². The molecule has 2 aromatic rings. The standard InChI is InChI=1S/C15H12Br2N2O2/c1-9(20)18-13-2-4-14(5-3-13)19-15(21)10-6-11(16)8-12(17)7-10/h2-8H,1H3,(H,18,20)(H,19,21). The summed E-state index contributed by atoms with van der Waals surface area (Å²) in [5, 5.41) is 5.47. The van der Waals surface area contributed by atoms with Crippen molar-refractivity contribution < 1.29 is 9.59 Å². The fourth-order valence-corrected chi connectivity index (χ4v) is 3.02. The Morgan fingerprint density at radius 2 is 1.33 bits per heavy atom. The normalized spacial score (nSPS) is 10.0.